The van der Waals surface area contributed by atoms with Crippen LogP contribution in [-0.4, -0.2) is 32.2 Å². The van der Waals surface area contributed by atoms with E-state index < -0.39 is 17.6 Å². The molecule has 3 heterocycles. The summed E-state index contributed by atoms with van der Waals surface area (Å²) in [5.41, 5.74) is 1.68. The van der Waals surface area contributed by atoms with Gasteiger partial charge in [-0.3, -0.25) is 0 Å². The third kappa shape index (κ3) is 3.57. The zero-order chi connectivity index (χ0) is 20.5. The lowest BCUT2D eigenvalue weighted by molar-refractivity contribution is -0.132. The van der Waals surface area contributed by atoms with Crippen molar-refractivity contribution in [1.29, 1.82) is 0 Å². The number of carboxylic acids is 1. The van der Waals surface area contributed by atoms with Crippen LogP contribution in [0.15, 0.2) is 42.2 Å². The van der Waals surface area contributed by atoms with E-state index in [-0.39, 0.29) is 11.6 Å². The van der Waals surface area contributed by atoms with Gasteiger partial charge in [0.05, 0.1) is 12.2 Å². The number of nitrogens with zero attached hydrogens (tertiary/aromatic N) is 4. The molecule has 0 spiro atoms. The molecule has 1 N–H and O–H groups in total. The summed E-state index contributed by atoms with van der Waals surface area (Å²) >= 11 is 0. The number of hydrogen-bond donors (Lipinski definition) is 1. The fourth-order valence-electron chi connectivity index (χ4n) is 3.78. The highest BCUT2D eigenvalue weighted by molar-refractivity contribution is 5.93. The molecule has 0 amide bonds. The third-order valence-corrected chi connectivity index (χ3v) is 5.23. The summed E-state index contributed by atoms with van der Waals surface area (Å²) in [6.45, 7) is 2.44. The van der Waals surface area contributed by atoms with Gasteiger partial charge in [0, 0.05) is 29.4 Å². The van der Waals surface area contributed by atoms with Crippen LogP contribution in [0, 0.1) is 11.6 Å². The number of aromatic nitrogens is 3. The van der Waals surface area contributed by atoms with E-state index in [0.29, 0.717) is 42.0 Å². The molecule has 0 radical (unpaired) electrons. The van der Waals surface area contributed by atoms with Crippen LogP contribution >= 0.6 is 0 Å². The molecule has 4 rings (SSSR count). The average Bonchev–Trinajstić information content (AvgIpc) is 3.34. The van der Waals surface area contributed by atoms with Gasteiger partial charge in [-0.25, -0.2) is 23.1 Å². The van der Waals surface area contributed by atoms with Crippen molar-refractivity contribution < 1.29 is 18.7 Å². The first-order chi connectivity index (χ1) is 14.0. The monoisotopic (exact) mass is 398 g/mol. The van der Waals surface area contributed by atoms with Crippen LogP contribution in [0.3, 0.4) is 0 Å². The number of halogens is 2. The summed E-state index contributed by atoms with van der Waals surface area (Å²) in [7, 11) is 0. The van der Waals surface area contributed by atoms with Crippen molar-refractivity contribution in [3.63, 3.8) is 0 Å². The second-order valence-corrected chi connectivity index (χ2v) is 7.00. The maximum Gasteiger partial charge on any atom is 0.331 e. The lowest BCUT2D eigenvalue weighted by Crippen LogP contribution is -2.24. The van der Waals surface area contributed by atoms with E-state index in [1.54, 1.807) is 36.0 Å². The molecule has 150 valence electrons. The highest BCUT2D eigenvalue weighted by Gasteiger charge is 2.30. The van der Waals surface area contributed by atoms with Gasteiger partial charge in [-0.2, -0.15) is 5.10 Å². The number of aliphatic carboxylic acids is 1. The van der Waals surface area contributed by atoms with Crippen molar-refractivity contribution in [3.05, 3.63) is 65.0 Å². The molecule has 1 aromatic carbocycles. The largest absolute Gasteiger partial charge is 0.478 e. The summed E-state index contributed by atoms with van der Waals surface area (Å²) < 4.78 is 29.6. The normalized spacial score (nSPS) is 17.3. The van der Waals surface area contributed by atoms with Crippen LogP contribution in [-0.2, 0) is 4.79 Å². The Morgan fingerprint density at radius 2 is 2.17 bits per heavy atom. The number of anilines is 1. The van der Waals surface area contributed by atoms with Gasteiger partial charge in [0.25, 0.3) is 0 Å². The van der Waals surface area contributed by atoms with Gasteiger partial charge >= 0.3 is 5.97 Å². The second kappa shape index (κ2) is 7.62. The van der Waals surface area contributed by atoms with E-state index in [1.165, 1.54) is 6.07 Å². The molecule has 2 aromatic heterocycles. The highest BCUT2D eigenvalue weighted by Crippen LogP contribution is 2.37. The van der Waals surface area contributed by atoms with E-state index in [0.717, 1.165) is 18.6 Å². The fraction of sp³-hybridized carbons (Fsp3) is 0.286. The van der Waals surface area contributed by atoms with Gasteiger partial charge in [0.15, 0.2) is 5.65 Å². The standard InChI is InChI=1S/C21H20F2N4O2/c1-2-13(21(28)29)10-14-12-24-27-9-7-19(25-20(14)27)26-8-3-4-18(26)16-11-15(22)5-6-17(16)23/h5-7,9-12,18H,2-4,8H2,1H3,(H,28,29). The van der Waals surface area contributed by atoms with Gasteiger partial charge in [-0.1, -0.05) is 6.92 Å². The van der Waals surface area contributed by atoms with Crippen molar-refractivity contribution in [2.45, 2.75) is 32.2 Å². The third-order valence-electron chi connectivity index (χ3n) is 5.23. The Balaban J connectivity index is 1.75. The maximum atomic E-state index is 14.3. The van der Waals surface area contributed by atoms with Crippen LogP contribution < -0.4 is 4.90 Å². The molecule has 1 aliphatic rings. The van der Waals surface area contributed by atoms with Crippen LogP contribution in [0.5, 0.6) is 0 Å². The molecule has 1 fully saturated rings. The number of carboxylic acid groups (broad SMARTS) is 1. The summed E-state index contributed by atoms with van der Waals surface area (Å²) in [6.07, 6.45) is 6.77. The minimum absolute atomic E-state index is 0.257. The van der Waals surface area contributed by atoms with Crippen molar-refractivity contribution in [2.24, 2.45) is 0 Å². The first kappa shape index (κ1) is 19.0. The number of rotatable bonds is 5. The Morgan fingerprint density at radius 3 is 2.93 bits per heavy atom. The number of carbonyl (C=O) groups is 1. The number of fused-ring (bicyclic) bond motifs is 1. The summed E-state index contributed by atoms with van der Waals surface area (Å²) in [5, 5.41) is 13.5. The van der Waals surface area contributed by atoms with Gasteiger partial charge < -0.3 is 10.0 Å². The highest BCUT2D eigenvalue weighted by atomic mass is 19.1. The molecular weight excluding hydrogens is 378 g/mol. The van der Waals surface area contributed by atoms with Crippen molar-refractivity contribution in [3.8, 4) is 0 Å². The Kier molecular flexibility index (Phi) is 5.00. The molecule has 1 unspecified atom stereocenters. The maximum absolute atomic E-state index is 14.3. The van der Waals surface area contributed by atoms with Crippen molar-refractivity contribution in [1.82, 2.24) is 14.6 Å². The Labute approximate surface area is 166 Å². The quantitative estimate of drug-likeness (QED) is 0.652. The average molecular weight is 398 g/mol. The Bertz CT molecular complexity index is 1110. The lowest BCUT2D eigenvalue weighted by Gasteiger charge is -2.26. The Hall–Kier alpha value is -3.29. The van der Waals surface area contributed by atoms with Crippen molar-refractivity contribution >= 4 is 23.5 Å². The molecule has 0 aliphatic carbocycles. The Morgan fingerprint density at radius 1 is 1.34 bits per heavy atom. The molecule has 1 atom stereocenters. The number of benzene rings is 1. The molecule has 0 bridgehead atoms. The topological polar surface area (TPSA) is 70.7 Å². The van der Waals surface area contributed by atoms with Crippen molar-refractivity contribution in [2.75, 3.05) is 11.4 Å². The molecule has 6 nitrogen and oxygen atoms in total. The fourth-order valence-corrected chi connectivity index (χ4v) is 3.78. The van der Waals surface area contributed by atoms with E-state index >= 15 is 0 Å². The molecular formula is C21H20F2N4O2. The van der Waals surface area contributed by atoms with Gasteiger partial charge in [0.1, 0.15) is 17.5 Å². The smallest absolute Gasteiger partial charge is 0.331 e. The lowest BCUT2D eigenvalue weighted by atomic mass is 10.0. The van der Waals surface area contributed by atoms with Crippen LogP contribution in [0.1, 0.15) is 43.4 Å². The van der Waals surface area contributed by atoms with E-state index in [4.69, 9.17) is 0 Å². The van der Waals surface area contributed by atoms with Gasteiger partial charge in [-0.15, -0.1) is 0 Å². The zero-order valence-electron chi connectivity index (χ0n) is 15.8. The SMILES string of the molecule is CCC(=Cc1cnn2ccc(N3CCCC3c3cc(F)ccc3F)nc12)C(=O)O. The minimum Gasteiger partial charge on any atom is -0.478 e. The minimum atomic E-state index is -0.982. The first-order valence-corrected chi connectivity index (χ1v) is 9.47. The number of hydrogen-bond acceptors (Lipinski definition) is 4. The predicted octanol–water partition coefficient (Wildman–Crippen LogP) is 4.23. The van der Waals surface area contributed by atoms with Crippen LogP contribution in [0.25, 0.3) is 11.7 Å². The van der Waals surface area contributed by atoms with E-state index in [2.05, 4.69) is 10.1 Å². The van der Waals surface area contributed by atoms with Crippen LogP contribution in [0.2, 0.25) is 0 Å². The summed E-state index contributed by atoms with van der Waals surface area (Å²) in [4.78, 5) is 18.0. The predicted molar refractivity (Wildman–Crippen MR) is 105 cm³/mol. The summed E-state index contributed by atoms with van der Waals surface area (Å²) in [5.74, 6) is -1.27. The zero-order valence-corrected chi connectivity index (χ0v) is 15.8. The van der Waals surface area contributed by atoms with Gasteiger partial charge in [-0.05, 0) is 49.6 Å². The molecule has 29 heavy (non-hydrogen) atoms. The van der Waals surface area contributed by atoms with E-state index in [9.17, 15) is 18.7 Å². The molecule has 3 aromatic rings. The van der Waals surface area contributed by atoms with E-state index in [1.807, 2.05) is 4.90 Å². The molecule has 1 saturated heterocycles. The van der Waals surface area contributed by atoms with Crippen LogP contribution in [0.4, 0.5) is 14.6 Å². The first-order valence-electron chi connectivity index (χ1n) is 9.47. The summed E-state index contributed by atoms with van der Waals surface area (Å²) in [6, 6.07) is 4.97. The molecule has 0 saturated carbocycles. The molecule has 8 heteroatoms. The van der Waals surface area contributed by atoms with Gasteiger partial charge in [0.2, 0.25) is 0 Å². The second-order valence-electron chi connectivity index (χ2n) is 7.00. The molecule has 1 aliphatic heterocycles.